The van der Waals surface area contributed by atoms with Crippen molar-refractivity contribution in [2.75, 3.05) is 23.3 Å². The number of carbonyl (C=O) groups is 1. The molecule has 0 aliphatic heterocycles. The van der Waals surface area contributed by atoms with E-state index in [4.69, 9.17) is 0 Å². The van der Waals surface area contributed by atoms with Gasteiger partial charge in [0, 0.05) is 30.0 Å². The van der Waals surface area contributed by atoms with E-state index in [1.165, 1.54) is 5.69 Å². The van der Waals surface area contributed by atoms with E-state index in [9.17, 15) is 4.79 Å². The summed E-state index contributed by atoms with van der Waals surface area (Å²) in [6.45, 7) is 12.7. The van der Waals surface area contributed by atoms with Gasteiger partial charge in [-0.25, -0.2) is 0 Å². The summed E-state index contributed by atoms with van der Waals surface area (Å²) in [7, 11) is 0. The Morgan fingerprint density at radius 3 is 2.04 bits per heavy atom. The average molecular weight is 351 g/mol. The van der Waals surface area contributed by atoms with Gasteiger partial charge in [0.2, 0.25) is 0 Å². The van der Waals surface area contributed by atoms with Crippen molar-refractivity contribution in [3.63, 3.8) is 0 Å². The molecule has 0 heterocycles. The first-order valence-corrected chi connectivity index (χ1v) is 9.28. The molecule has 0 aliphatic carbocycles. The second kappa shape index (κ2) is 8.70. The van der Waals surface area contributed by atoms with Crippen LogP contribution in [0.5, 0.6) is 0 Å². The van der Waals surface area contributed by atoms with E-state index < -0.39 is 0 Å². The first-order valence-electron chi connectivity index (χ1n) is 9.28. The molecule has 0 saturated heterocycles. The van der Waals surface area contributed by atoms with E-state index in [1.807, 2.05) is 48.5 Å². The highest BCUT2D eigenvalue weighted by Crippen LogP contribution is 2.19. The van der Waals surface area contributed by atoms with Crippen molar-refractivity contribution in [2.24, 2.45) is 5.41 Å². The van der Waals surface area contributed by atoms with Crippen LogP contribution >= 0.6 is 0 Å². The normalized spacial score (nSPS) is 11.6. The van der Waals surface area contributed by atoms with E-state index in [1.54, 1.807) is 0 Å². The Morgan fingerprint density at radius 1 is 0.962 bits per heavy atom. The summed E-state index contributed by atoms with van der Waals surface area (Å²) in [5, 5.41) is 2.96. The van der Waals surface area contributed by atoms with Gasteiger partial charge in [0.25, 0.3) is 5.91 Å². The van der Waals surface area contributed by atoms with Crippen LogP contribution < -0.4 is 10.2 Å². The molecule has 0 atom stereocenters. The summed E-state index contributed by atoms with van der Waals surface area (Å²) < 4.78 is 0. The van der Waals surface area contributed by atoms with Gasteiger partial charge in [-0.2, -0.15) is 0 Å². The number of benzene rings is 2. The molecule has 0 aromatic heterocycles. The Labute approximate surface area is 157 Å². The van der Waals surface area contributed by atoms with Crippen molar-refractivity contribution in [3.05, 3.63) is 65.7 Å². The molecule has 0 saturated carbocycles. The fourth-order valence-corrected chi connectivity index (χ4v) is 2.64. The summed E-state index contributed by atoms with van der Waals surface area (Å²) in [4.78, 5) is 14.7. The van der Waals surface area contributed by atoms with Crippen LogP contribution in [-0.2, 0) is 0 Å². The summed E-state index contributed by atoms with van der Waals surface area (Å²) in [6.07, 6.45) is 4.26. The van der Waals surface area contributed by atoms with Gasteiger partial charge in [-0.05, 0) is 61.2 Å². The number of amides is 1. The molecule has 0 unspecified atom stereocenters. The minimum atomic E-state index is -0.0908. The van der Waals surface area contributed by atoms with E-state index in [2.05, 4.69) is 57.0 Å². The van der Waals surface area contributed by atoms with Crippen LogP contribution in [-0.4, -0.2) is 19.0 Å². The molecule has 138 valence electrons. The highest BCUT2D eigenvalue weighted by molar-refractivity contribution is 6.04. The maximum absolute atomic E-state index is 12.4. The number of nitrogens with one attached hydrogen (secondary N) is 1. The molecule has 0 aliphatic rings. The number of hydrogen-bond acceptors (Lipinski definition) is 2. The smallest absolute Gasteiger partial charge is 0.255 e. The summed E-state index contributed by atoms with van der Waals surface area (Å²) >= 11 is 0. The van der Waals surface area contributed by atoms with E-state index in [0.717, 1.165) is 24.3 Å². The highest BCUT2D eigenvalue weighted by atomic mass is 16.1. The molecule has 2 rings (SSSR count). The van der Waals surface area contributed by atoms with Crippen LogP contribution in [0.3, 0.4) is 0 Å². The molecule has 2 aromatic carbocycles. The lowest BCUT2D eigenvalue weighted by atomic mass is 9.95. The number of carbonyl (C=O) groups excluding carboxylic acids is 1. The molecule has 1 amide bonds. The van der Waals surface area contributed by atoms with Crippen molar-refractivity contribution >= 4 is 23.4 Å². The van der Waals surface area contributed by atoms with Gasteiger partial charge in [0.15, 0.2) is 0 Å². The van der Waals surface area contributed by atoms with Crippen LogP contribution in [0.15, 0.2) is 54.6 Å². The standard InChI is InChI=1S/C23H30N2O/c1-6-25(7-2)21-14-12-20(13-15-21)24-22(26)19-10-8-18(9-11-19)16-17-23(3,4)5/h8-17H,6-7H2,1-5H3,(H,24,26)/b17-16+. The molecular formula is C23H30N2O. The Hall–Kier alpha value is -2.55. The highest BCUT2D eigenvalue weighted by Gasteiger charge is 2.08. The van der Waals surface area contributed by atoms with Crippen molar-refractivity contribution in [3.8, 4) is 0 Å². The van der Waals surface area contributed by atoms with E-state index in [-0.39, 0.29) is 11.3 Å². The molecule has 0 bridgehead atoms. The number of nitrogens with zero attached hydrogens (tertiary/aromatic N) is 1. The Balaban J connectivity index is 2.02. The lowest BCUT2D eigenvalue weighted by Crippen LogP contribution is -2.21. The third-order valence-corrected chi connectivity index (χ3v) is 4.20. The van der Waals surface area contributed by atoms with Crippen LogP contribution in [0.1, 0.15) is 50.5 Å². The minimum Gasteiger partial charge on any atom is -0.372 e. The monoisotopic (exact) mass is 350 g/mol. The predicted octanol–water partition coefficient (Wildman–Crippen LogP) is 5.84. The van der Waals surface area contributed by atoms with Crippen LogP contribution in [0.4, 0.5) is 11.4 Å². The van der Waals surface area contributed by atoms with E-state index in [0.29, 0.717) is 5.56 Å². The average Bonchev–Trinajstić information content (AvgIpc) is 2.62. The number of rotatable bonds is 6. The fraction of sp³-hybridized carbons (Fsp3) is 0.348. The van der Waals surface area contributed by atoms with Gasteiger partial charge in [-0.1, -0.05) is 45.1 Å². The minimum absolute atomic E-state index is 0.0908. The van der Waals surface area contributed by atoms with Crippen molar-refractivity contribution in [1.82, 2.24) is 0 Å². The van der Waals surface area contributed by atoms with Gasteiger partial charge in [0.05, 0.1) is 0 Å². The van der Waals surface area contributed by atoms with Gasteiger partial charge in [0.1, 0.15) is 0 Å². The molecule has 0 radical (unpaired) electrons. The zero-order valence-corrected chi connectivity index (χ0v) is 16.5. The lowest BCUT2D eigenvalue weighted by Gasteiger charge is -2.21. The van der Waals surface area contributed by atoms with Gasteiger partial charge < -0.3 is 10.2 Å². The maximum atomic E-state index is 12.4. The first-order chi connectivity index (χ1) is 12.3. The number of hydrogen-bond donors (Lipinski definition) is 1. The summed E-state index contributed by atoms with van der Waals surface area (Å²) in [6, 6.07) is 15.7. The Bertz CT molecular complexity index is 733. The zero-order chi connectivity index (χ0) is 19.2. The second-order valence-corrected chi connectivity index (χ2v) is 7.49. The summed E-state index contributed by atoms with van der Waals surface area (Å²) in [5.74, 6) is -0.0908. The molecule has 2 aromatic rings. The van der Waals surface area contributed by atoms with Gasteiger partial charge >= 0.3 is 0 Å². The van der Waals surface area contributed by atoms with Gasteiger partial charge in [-0.15, -0.1) is 0 Å². The molecule has 3 heteroatoms. The zero-order valence-electron chi connectivity index (χ0n) is 16.5. The van der Waals surface area contributed by atoms with Crippen LogP contribution in [0, 0.1) is 5.41 Å². The molecular weight excluding hydrogens is 320 g/mol. The SMILES string of the molecule is CCN(CC)c1ccc(NC(=O)c2ccc(/C=C/C(C)(C)C)cc2)cc1. The largest absolute Gasteiger partial charge is 0.372 e. The second-order valence-electron chi connectivity index (χ2n) is 7.49. The van der Waals surface area contributed by atoms with Crippen LogP contribution in [0.25, 0.3) is 6.08 Å². The molecule has 0 spiro atoms. The first kappa shape index (κ1) is 19.8. The predicted molar refractivity (Wildman–Crippen MR) is 113 cm³/mol. The quantitative estimate of drug-likeness (QED) is 0.709. The Kier molecular flexibility index (Phi) is 6.62. The molecule has 0 fully saturated rings. The van der Waals surface area contributed by atoms with Crippen molar-refractivity contribution in [1.29, 1.82) is 0 Å². The van der Waals surface area contributed by atoms with Crippen LogP contribution in [0.2, 0.25) is 0 Å². The third kappa shape index (κ3) is 5.76. The van der Waals surface area contributed by atoms with Gasteiger partial charge in [-0.3, -0.25) is 4.79 Å². The topological polar surface area (TPSA) is 32.3 Å². The number of allylic oxidation sites excluding steroid dienone is 1. The fourth-order valence-electron chi connectivity index (χ4n) is 2.64. The van der Waals surface area contributed by atoms with Crippen molar-refractivity contribution < 1.29 is 4.79 Å². The lowest BCUT2D eigenvalue weighted by molar-refractivity contribution is 0.102. The molecule has 26 heavy (non-hydrogen) atoms. The summed E-state index contributed by atoms with van der Waals surface area (Å²) in [5.41, 5.74) is 3.88. The Morgan fingerprint density at radius 2 is 1.54 bits per heavy atom. The third-order valence-electron chi connectivity index (χ3n) is 4.20. The van der Waals surface area contributed by atoms with E-state index >= 15 is 0 Å². The molecule has 3 nitrogen and oxygen atoms in total. The molecule has 1 N–H and O–H groups in total. The van der Waals surface area contributed by atoms with Crippen molar-refractivity contribution in [2.45, 2.75) is 34.6 Å². The maximum Gasteiger partial charge on any atom is 0.255 e. The number of anilines is 2.